The first-order valence-electron chi connectivity index (χ1n) is 4.43. The minimum atomic E-state index is -3.11. The third kappa shape index (κ3) is 2.42. The first-order valence-corrected chi connectivity index (χ1v) is 6.86. The maximum Gasteiger partial charge on any atom is 0.373 e. The Morgan fingerprint density at radius 1 is 1.43 bits per heavy atom. The SMILES string of the molecule is CCOP(=O)(OCC)c1scnc1C. The fourth-order valence-electron chi connectivity index (χ4n) is 1.05. The molecule has 0 N–H and O–H groups in total. The number of hydrogen-bond acceptors (Lipinski definition) is 5. The molecule has 0 aliphatic carbocycles. The fraction of sp³-hybridized carbons (Fsp3) is 0.625. The summed E-state index contributed by atoms with van der Waals surface area (Å²) in [6, 6.07) is 0. The molecule has 6 heteroatoms. The summed E-state index contributed by atoms with van der Waals surface area (Å²) in [5.41, 5.74) is 2.37. The van der Waals surface area contributed by atoms with E-state index in [9.17, 15) is 4.57 Å². The van der Waals surface area contributed by atoms with Crippen LogP contribution in [-0.4, -0.2) is 18.2 Å². The van der Waals surface area contributed by atoms with Gasteiger partial charge in [0, 0.05) is 0 Å². The van der Waals surface area contributed by atoms with E-state index in [2.05, 4.69) is 4.98 Å². The standard InChI is InChI=1S/C8H14NO3PS/c1-4-11-13(10,12-5-2)8-7(3)9-6-14-8/h6H,4-5H2,1-3H3. The molecular weight excluding hydrogens is 221 g/mol. The highest BCUT2D eigenvalue weighted by atomic mass is 32.1. The van der Waals surface area contributed by atoms with Gasteiger partial charge in [-0.05, 0) is 20.8 Å². The smallest absolute Gasteiger partial charge is 0.305 e. The van der Waals surface area contributed by atoms with E-state index in [1.165, 1.54) is 11.3 Å². The van der Waals surface area contributed by atoms with Gasteiger partial charge in [-0.2, -0.15) is 0 Å². The van der Waals surface area contributed by atoms with Gasteiger partial charge in [0.25, 0.3) is 0 Å². The summed E-state index contributed by atoms with van der Waals surface area (Å²) in [4.78, 5) is 4.03. The van der Waals surface area contributed by atoms with Crippen LogP contribution >= 0.6 is 18.9 Å². The van der Waals surface area contributed by atoms with Crippen molar-refractivity contribution < 1.29 is 13.6 Å². The summed E-state index contributed by atoms with van der Waals surface area (Å²) in [7, 11) is -3.11. The van der Waals surface area contributed by atoms with Crippen molar-refractivity contribution in [1.29, 1.82) is 0 Å². The minimum absolute atomic E-state index is 0.370. The Morgan fingerprint density at radius 2 is 2.00 bits per heavy atom. The molecule has 0 aliphatic rings. The van der Waals surface area contributed by atoms with Gasteiger partial charge < -0.3 is 9.05 Å². The first-order chi connectivity index (χ1) is 6.64. The second-order valence-electron chi connectivity index (χ2n) is 2.58. The minimum Gasteiger partial charge on any atom is -0.305 e. The molecule has 1 heterocycles. The van der Waals surface area contributed by atoms with Crippen molar-refractivity contribution in [2.75, 3.05) is 13.2 Å². The second-order valence-corrected chi connectivity index (χ2v) is 5.69. The molecule has 80 valence electrons. The largest absolute Gasteiger partial charge is 0.373 e. The lowest BCUT2D eigenvalue weighted by Crippen LogP contribution is -2.09. The van der Waals surface area contributed by atoms with Gasteiger partial charge in [0.2, 0.25) is 0 Å². The third-order valence-corrected chi connectivity index (χ3v) is 5.30. The van der Waals surface area contributed by atoms with E-state index in [1.54, 1.807) is 26.3 Å². The number of rotatable bonds is 5. The number of nitrogens with zero attached hydrogens (tertiary/aromatic N) is 1. The molecule has 0 saturated heterocycles. The summed E-state index contributed by atoms with van der Waals surface area (Å²) in [6.45, 7) is 6.13. The van der Waals surface area contributed by atoms with E-state index in [1.807, 2.05) is 0 Å². The summed E-state index contributed by atoms with van der Waals surface area (Å²) in [6.07, 6.45) is 0. The second kappa shape index (κ2) is 5.03. The molecule has 0 bridgehead atoms. The molecule has 0 spiro atoms. The predicted molar refractivity (Wildman–Crippen MR) is 57.3 cm³/mol. The Morgan fingerprint density at radius 3 is 2.36 bits per heavy atom. The zero-order valence-electron chi connectivity index (χ0n) is 8.52. The van der Waals surface area contributed by atoms with Crippen LogP contribution in [0.4, 0.5) is 0 Å². The van der Waals surface area contributed by atoms with Crippen molar-refractivity contribution >= 4 is 23.6 Å². The number of aromatic nitrogens is 1. The first kappa shape index (κ1) is 11.9. The van der Waals surface area contributed by atoms with E-state index in [0.29, 0.717) is 17.8 Å². The topological polar surface area (TPSA) is 48.4 Å². The normalized spacial score (nSPS) is 11.9. The summed E-state index contributed by atoms with van der Waals surface area (Å²) >= 11 is 1.31. The van der Waals surface area contributed by atoms with E-state index >= 15 is 0 Å². The Bertz CT molecular complexity index is 329. The molecule has 0 amide bonds. The molecule has 0 fully saturated rings. The molecule has 0 aliphatic heterocycles. The average Bonchev–Trinajstić information content (AvgIpc) is 2.52. The molecule has 1 aromatic heterocycles. The lowest BCUT2D eigenvalue weighted by molar-refractivity contribution is 0.230. The number of hydrogen-bond donors (Lipinski definition) is 0. The van der Waals surface area contributed by atoms with Crippen LogP contribution in [0.5, 0.6) is 0 Å². The molecule has 0 aromatic carbocycles. The maximum absolute atomic E-state index is 12.2. The Hall–Kier alpha value is -0.220. The van der Waals surface area contributed by atoms with Crippen LogP contribution in [0.15, 0.2) is 5.51 Å². The van der Waals surface area contributed by atoms with Gasteiger partial charge in [-0.15, -0.1) is 11.3 Å². The molecule has 0 unspecified atom stereocenters. The van der Waals surface area contributed by atoms with Crippen molar-refractivity contribution in [3.8, 4) is 0 Å². The lowest BCUT2D eigenvalue weighted by Gasteiger charge is -2.15. The van der Waals surface area contributed by atoms with Gasteiger partial charge in [-0.1, -0.05) is 0 Å². The molecular formula is C8H14NO3PS. The molecule has 1 rings (SSSR count). The summed E-state index contributed by atoms with van der Waals surface area (Å²) in [5, 5.41) is 0. The van der Waals surface area contributed by atoms with Crippen LogP contribution in [0.1, 0.15) is 19.5 Å². The molecule has 0 radical (unpaired) electrons. The molecule has 0 atom stereocenters. The van der Waals surface area contributed by atoms with Gasteiger partial charge in [0.15, 0.2) is 0 Å². The molecule has 0 saturated carbocycles. The zero-order valence-corrected chi connectivity index (χ0v) is 10.2. The van der Waals surface area contributed by atoms with Crippen LogP contribution in [0, 0.1) is 6.92 Å². The highest BCUT2D eigenvalue weighted by Crippen LogP contribution is 2.48. The van der Waals surface area contributed by atoms with Crippen molar-refractivity contribution in [2.45, 2.75) is 20.8 Å². The highest BCUT2D eigenvalue weighted by Gasteiger charge is 2.30. The number of thiazole rings is 1. The van der Waals surface area contributed by atoms with Crippen LogP contribution in [-0.2, 0) is 13.6 Å². The van der Waals surface area contributed by atoms with Gasteiger partial charge in [-0.3, -0.25) is 4.57 Å². The van der Waals surface area contributed by atoms with E-state index in [4.69, 9.17) is 9.05 Å². The van der Waals surface area contributed by atoms with Crippen molar-refractivity contribution in [2.24, 2.45) is 0 Å². The van der Waals surface area contributed by atoms with E-state index < -0.39 is 7.60 Å². The highest BCUT2D eigenvalue weighted by molar-refractivity contribution is 7.68. The summed E-state index contributed by atoms with van der Waals surface area (Å²) in [5.74, 6) is 0. The van der Waals surface area contributed by atoms with Crippen LogP contribution in [0.25, 0.3) is 0 Å². The van der Waals surface area contributed by atoms with Crippen LogP contribution in [0.2, 0.25) is 0 Å². The molecule has 4 nitrogen and oxygen atoms in total. The fourth-order valence-corrected chi connectivity index (χ4v) is 4.00. The van der Waals surface area contributed by atoms with Crippen molar-refractivity contribution in [3.05, 3.63) is 11.2 Å². The van der Waals surface area contributed by atoms with Crippen molar-refractivity contribution in [3.63, 3.8) is 0 Å². The van der Waals surface area contributed by atoms with E-state index in [-0.39, 0.29) is 0 Å². The van der Waals surface area contributed by atoms with Gasteiger partial charge in [0.05, 0.1) is 24.4 Å². The quantitative estimate of drug-likeness (QED) is 0.735. The lowest BCUT2D eigenvalue weighted by atomic mass is 10.6. The predicted octanol–water partition coefficient (Wildman–Crippen LogP) is 2.34. The van der Waals surface area contributed by atoms with E-state index in [0.717, 1.165) is 5.69 Å². The Labute approximate surface area is 87.8 Å². The average molecular weight is 235 g/mol. The number of aryl methyl sites for hydroxylation is 1. The van der Waals surface area contributed by atoms with Crippen molar-refractivity contribution in [1.82, 2.24) is 4.98 Å². The Balaban J connectivity index is 2.99. The molecule has 1 aromatic rings. The van der Waals surface area contributed by atoms with Crippen LogP contribution in [0.3, 0.4) is 0 Å². The van der Waals surface area contributed by atoms with Crippen LogP contribution < -0.4 is 4.62 Å². The van der Waals surface area contributed by atoms with Gasteiger partial charge in [-0.25, -0.2) is 4.98 Å². The Kier molecular flexibility index (Phi) is 4.26. The van der Waals surface area contributed by atoms with Gasteiger partial charge in [0.1, 0.15) is 4.62 Å². The zero-order chi connectivity index (χ0) is 10.6. The van der Waals surface area contributed by atoms with Gasteiger partial charge >= 0.3 is 7.60 Å². The summed E-state index contributed by atoms with van der Waals surface area (Å²) < 4.78 is 23.2. The monoisotopic (exact) mass is 235 g/mol. The molecule has 14 heavy (non-hydrogen) atoms. The third-order valence-electron chi connectivity index (χ3n) is 1.57. The maximum atomic E-state index is 12.2.